The van der Waals surface area contributed by atoms with E-state index >= 15 is 0 Å². The number of hydrogen-bond donors (Lipinski definition) is 0. The summed E-state index contributed by atoms with van der Waals surface area (Å²) in [5.74, 6) is 0.608. The third kappa shape index (κ3) is 3.21. The maximum absolute atomic E-state index is 11.0. The minimum Gasteiger partial charge on any atom is -0.365 e. The maximum atomic E-state index is 11.0. The molecule has 1 unspecified atom stereocenters. The molecule has 0 bridgehead atoms. The van der Waals surface area contributed by atoms with E-state index < -0.39 is 0 Å². The van der Waals surface area contributed by atoms with E-state index in [1.165, 1.54) is 6.20 Å². The first-order chi connectivity index (χ1) is 12.0. The second-order valence-electron chi connectivity index (χ2n) is 6.06. The number of rotatable bonds is 3. The van der Waals surface area contributed by atoms with Gasteiger partial charge >= 0.3 is 0 Å². The molecule has 8 heteroatoms. The highest BCUT2D eigenvalue weighted by atomic mass is 16.6. The summed E-state index contributed by atoms with van der Waals surface area (Å²) < 4.78 is 0. The summed E-state index contributed by atoms with van der Waals surface area (Å²) in [4.78, 5) is 23.3. The Hall–Kier alpha value is -3.21. The molecular formula is C17H18N6O2. The highest BCUT2D eigenvalue weighted by molar-refractivity contribution is 5.58. The van der Waals surface area contributed by atoms with Gasteiger partial charge in [-0.1, -0.05) is 0 Å². The normalized spacial score (nSPS) is 17.2. The molecule has 0 spiro atoms. The summed E-state index contributed by atoms with van der Waals surface area (Å²) in [7, 11) is 0. The molecule has 0 saturated carbocycles. The summed E-state index contributed by atoms with van der Waals surface area (Å²) in [6.45, 7) is 5.98. The first-order valence-corrected chi connectivity index (χ1v) is 7.99. The minimum atomic E-state index is -0.363. The van der Waals surface area contributed by atoms with Gasteiger partial charge in [0.15, 0.2) is 11.5 Å². The number of nitriles is 1. The van der Waals surface area contributed by atoms with E-state index in [0.29, 0.717) is 30.2 Å². The van der Waals surface area contributed by atoms with Gasteiger partial charge in [0, 0.05) is 55.4 Å². The lowest BCUT2D eigenvalue weighted by Crippen LogP contribution is -2.52. The fourth-order valence-corrected chi connectivity index (χ4v) is 3.20. The summed E-state index contributed by atoms with van der Waals surface area (Å²) in [6.07, 6.45) is 3.11. The zero-order chi connectivity index (χ0) is 18.0. The van der Waals surface area contributed by atoms with Gasteiger partial charge in [0.2, 0.25) is 0 Å². The lowest BCUT2D eigenvalue weighted by atomic mass is 10.1. The van der Waals surface area contributed by atoms with E-state index in [-0.39, 0.29) is 16.7 Å². The van der Waals surface area contributed by atoms with Crippen LogP contribution < -0.4 is 9.80 Å². The summed E-state index contributed by atoms with van der Waals surface area (Å²) in [6, 6.07) is 7.45. The predicted octanol–water partition coefficient (Wildman–Crippen LogP) is 2.28. The van der Waals surface area contributed by atoms with E-state index in [4.69, 9.17) is 0 Å². The molecule has 1 aliphatic heterocycles. The molecule has 128 valence electrons. The monoisotopic (exact) mass is 338 g/mol. The molecule has 1 atom stereocenters. The number of aryl methyl sites for hydroxylation is 1. The van der Waals surface area contributed by atoms with Crippen LogP contribution in [0.2, 0.25) is 0 Å². The molecule has 1 aromatic carbocycles. The molecule has 1 saturated heterocycles. The standard InChI is InChI=1S/C17H18N6O2/c1-12-9-14(3-4-16(12)23(24)25)22-8-7-21(11-13(22)2)17-15(10-18)19-5-6-20-17/h3-6,9,13H,7-8,11H2,1-2H3. The van der Waals surface area contributed by atoms with E-state index in [9.17, 15) is 15.4 Å². The van der Waals surface area contributed by atoms with Crippen LogP contribution in [0.1, 0.15) is 18.2 Å². The highest BCUT2D eigenvalue weighted by Gasteiger charge is 2.27. The SMILES string of the molecule is Cc1cc(N2CCN(c3nccnc3C#N)CC2C)ccc1[N+](=O)[O-]. The zero-order valence-electron chi connectivity index (χ0n) is 14.1. The number of aromatic nitrogens is 2. The van der Waals surface area contributed by atoms with Crippen molar-refractivity contribution in [3.05, 3.63) is 52.0 Å². The van der Waals surface area contributed by atoms with Gasteiger partial charge in [0.05, 0.1) is 4.92 Å². The molecule has 0 radical (unpaired) electrons. The fraction of sp³-hybridized carbons (Fsp3) is 0.353. The molecule has 1 aromatic heterocycles. The van der Waals surface area contributed by atoms with Crippen molar-refractivity contribution in [2.45, 2.75) is 19.9 Å². The van der Waals surface area contributed by atoms with Gasteiger partial charge < -0.3 is 9.80 Å². The van der Waals surface area contributed by atoms with Crippen LogP contribution in [0.15, 0.2) is 30.6 Å². The molecule has 8 nitrogen and oxygen atoms in total. The molecule has 25 heavy (non-hydrogen) atoms. The molecular weight excluding hydrogens is 320 g/mol. The van der Waals surface area contributed by atoms with Gasteiger partial charge in [-0.15, -0.1) is 0 Å². The Bertz CT molecular complexity index is 847. The van der Waals surface area contributed by atoms with Gasteiger partial charge in [0.1, 0.15) is 6.07 Å². The van der Waals surface area contributed by atoms with Crippen LogP contribution in [-0.4, -0.2) is 40.6 Å². The first kappa shape index (κ1) is 16.6. The summed E-state index contributed by atoms with van der Waals surface area (Å²) in [5, 5.41) is 20.2. The van der Waals surface area contributed by atoms with Crippen LogP contribution in [-0.2, 0) is 0 Å². The van der Waals surface area contributed by atoms with Crippen LogP contribution in [0.5, 0.6) is 0 Å². The van der Waals surface area contributed by atoms with Crippen LogP contribution in [0, 0.1) is 28.4 Å². The van der Waals surface area contributed by atoms with Crippen LogP contribution in [0.25, 0.3) is 0 Å². The van der Waals surface area contributed by atoms with Gasteiger partial charge in [-0.25, -0.2) is 9.97 Å². The van der Waals surface area contributed by atoms with Crippen molar-refractivity contribution in [2.75, 3.05) is 29.4 Å². The van der Waals surface area contributed by atoms with Crippen molar-refractivity contribution >= 4 is 17.2 Å². The third-order valence-electron chi connectivity index (χ3n) is 4.42. The quantitative estimate of drug-likeness (QED) is 0.625. The minimum absolute atomic E-state index is 0.133. The number of benzene rings is 1. The number of anilines is 2. The van der Waals surface area contributed by atoms with Crippen molar-refractivity contribution in [1.82, 2.24) is 9.97 Å². The zero-order valence-corrected chi connectivity index (χ0v) is 14.1. The second-order valence-corrected chi connectivity index (χ2v) is 6.06. The Morgan fingerprint density at radius 2 is 2.08 bits per heavy atom. The maximum Gasteiger partial charge on any atom is 0.272 e. The fourth-order valence-electron chi connectivity index (χ4n) is 3.20. The van der Waals surface area contributed by atoms with Gasteiger partial charge in [0.25, 0.3) is 5.69 Å². The van der Waals surface area contributed by atoms with Crippen molar-refractivity contribution in [3.63, 3.8) is 0 Å². The van der Waals surface area contributed by atoms with Crippen LogP contribution >= 0.6 is 0 Å². The number of nitro groups is 1. The van der Waals surface area contributed by atoms with Crippen LogP contribution in [0.4, 0.5) is 17.2 Å². The second kappa shape index (κ2) is 6.73. The Balaban J connectivity index is 1.80. The topological polar surface area (TPSA) is 99.2 Å². The van der Waals surface area contributed by atoms with Crippen LogP contribution in [0.3, 0.4) is 0 Å². The lowest BCUT2D eigenvalue weighted by Gasteiger charge is -2.41. The van der Waals surface area contributed by atoms with Gasteiger partial charge in [-0.05, 0) is 26.0 Å². The number of hydrogen-bond acceptors (Lipinski definition) is 7. The number of nitrogens with zero attached hydrogens (tertiary/aromatic N) is 6. The Morgan fingerprint density at radius 1 is 1.32 bits per heavy atom. The third-order valence-corrected chi connectivity index (χ3v) is 4.42. The highest BCUT2D eigenvalue weighted by Crippen LogP contribution is 2.28. The molecule has 0 aliphatic carbocycles. The van der Waals surface area contributed by atoms with Gasteiger partial charge in [-0.3, -0.25) is 10.1 Å². The predicted molar refractivity (Wildman–Crippen MR) is 93.6 cm³/mol. The van der Waals surface area contributed by atoms with E-state index in [0.717, 1.165) is 12.2 Å². The molecule has 3 rings (SSSR count). The molecule has 0 N–H and O–H groups in total. The molecule has 0 amide bonds. The Morgan fingerprint density at radius 3 is 2.72 bits per heavy atom. The molecule has 2 heterocycles. The molecule has 1 fully saturated rings. The average Bonchev–Trinajstić information content (AvgIpc) is 2.61. The van der Waals surface area contributed by atoms with Crippen molar-refractivity contribution < 1.29 is 4.92 Å². The molecule has 1 aliphatic rings. The van der Waals surface area contributed by atoms with Gasteiger partial charge in [-0.2, -0.15) is 5.26 Å². The number of nitro benzene ring substituents is 1. The van der Waals surface area contributed by atoms with E-state index in [1.807, 2.05) is 6.07 Å². The Labute approximate surface area is 145 Å². The smallest absolute Gasteiger partial charge is 0.272 e. The number of piperazine rings is 1. The van der Waals surface area contributed by atoms with Crippen molar-refractivity contribution in [2.24, 2.45) is 0 Å². The average molecular weight is 338 g/mol. The summed E-state index contributed by atoms with van der Waals surface area (Å²) >= 11 is 0. The summed E-state index contributed by atoms with van der Waals surface area (Å²) in [5.41, 5.74) is 2.08. The van der Waals surface area contributed by atoms with Crippen molar-refractivity contribution in [1.29, 1.82) is 5.26 Å². The Kier molecular flexibility index (Phi) is 4.48. The van der Waals surface area contributed by atoms with E-state index in [2.05, 4.69) is 32.8 Å². The van der Waals surface area contributed by atoms with Crippen molar-refractivity contribution in [3.8, 4) is 6.07 Å². The van der Waals surface area contributed by atoms with E-state index in [1.54, 1.807) is 25.3 Å². The first-order valence-electron chi connectivity index (χ1n) is 7.99. The molecule has 2 aromatic rings. The lowest BCUT2D eigenvalue weighted by molar-refractivity contribution is -0.385. The largest absolute Gasteiger partial charge is 0.365 e.